The summed E-state index contributed by atoms with van der Waals surface area (Å²) in [6.07, 6.45) is 5.20. The Morgan fingerprint density at radius 2 is 1.80 bits per heavy atom. The fourth-order valence-corrected chi connectivity index (χ4v) is 5.15. The molecule has 25 heavy (non-hydrogen) atoms. The number of carbonyl (C=O) groups excluding carboxylic acids is 1. The number of carbonyl (C=O) groups is 1. The van der Waals surface area contributed by atoms with Crippen LogP contribution in [-0.2, 0) is 19.7 Å². The van der Waals surface area contributed by atoms with E-state index in [1.807, 2.05) is 0 Å². The first-order valence-corrected chi connectivity index (χ1v) is 10.5. The van der Waals surface area contributed by atoms with Crippen LogP contribution in [0, 0.1) is 0 Å². The van der Waals surface area contributed by atoms with Gasteiger partial charge in [0, 0.05) is 52.9 Å². The second kappa shape index (κ2) is 9.27. The maximum Gasteiger partial charge on any atom is 0.282 e. The first-order valence-electron chi connectivity index (χ1n) is 9.14. The van der Waals surface area contributed by atoms with Gasteiger partial charge < -0.3 is 15.4 Å². The second-order valence-electron chi connectivity index (χ2n) is 6.89. The first kappa shape index (κ1) is 20.6. The monoisotopic (exact) mass is 376 g/mol. The molecule has 0 radical (unpaired) electrons. The van der Waals surface area contributed by atoms with E-state index in [-0.39, 0.29) is 24.5 Å². The molecule has 2 N–H and O–H groups in total. The fraction of sp³-hybridized carbons (Fsp3) is 0.938. The molecule has 0 bridgehead atoms. The zero-order valence-electron chi connectivity index (χ0n) is 15.4. The highest BCUT2D eigenvalue weighted by Gasteiger charge is 2.35. The number of hydrogen-bond acceptors (Lipinski definition) is 5. The second-order valence-corrected chi connectivity index (χ2v) is 8.88. The molecule has 0 spiro atoms. The normalized spacial score (nSPS) is 22.3. The predicted molar refractivity (Wildman–Crippen MR) is 96.2 cm³/mol. The van der Waals surface area contributed by atoms with Crippen molar-refractivity contribution in [1.82, 2.24) is 13.5 Å². The summed E-state index contributed by atoms with van der Waals surface area (Å²) in [5.74, 6) is -0.0324. The van der Waals surface area contributed by atoms with Crippen molar-refractivity contribution in [2.45, 2.75) is 50.7 Å². The minimum atomic E-state index is -3.46. The van der Waals surface area contributed by atoms with Crippen LogP contribution in [0.3, 0.4) is 0 Å². The Bertz CT molecular complexity index is 524. The molecule has 0 aromatic carbocycles. The van der Waals surface area contributed by atoms with Crippen LogP contribution in [0.4, 0.5) is 0 Å². The average molecular weight is 377 g/mol. The molecule has 2 fully saturated rings. The molecule has 1 saturated carbocycles. The number of nitrogens with two attached hydrogens (primary N) is 1. The largest absolute Gasteiger partial charge is 0.380 e. The van der Waals surface area contributed by atoms with Gasteiger partial charge in [-0.3, -0.25) is 4.79 Å². The lowest BCUT2D eigenvalue weighted by Crippen LogP contribution is -2.55. The molecule has 2 aliphatic rings. The molecule has 9 heteroatoms. The number of hydrogen-bond donors (Lipinski definition) is 1. The third-order valence-corrected chi connectivity index (χ3v) is 7.41. The summed E-state index contributed by atoms with van der Waals surface area (Å²) in [6, 6.07) is 0.102. The Labute approximate surface area is 151 Å². The van der Waals surface area contributed by atoms with Crippen LogP contribution < -0.4 is 5.73 Å². The average Bonchev–Trinajstić information content (AvgIpc) is 2.66. The van der Waals surface area contributed by atoms with Gasteiger partial charge in [-0.25, -0.2) is 0 Å². The van der Waals surface area contributed by atoms with Crippen LogP contribution in [0.15, 0.2) is 0 Å². The number of nitrogens with zero attached hydrogens (tertiary/aromatic N) is 3. The summed E-state index contributed by atoms with van der Waals surface area (Å²) in [6.45, 7) is 1.80. The maximum atomic E-state index is 12.8. The maximum absolute atomic E-state index is 12.8. The van der Waals surface area contributed by atoms with E-state index in [0.717, 1.165) is 25.7 Å². The topological polar surface area (TPSA) is 96.2 Å². The Kier molecular flexibility index (Phi) is 7.63. The lowest BCUT2D eigenvalue weighted by atomic mass is 9.96. The van der Waals surface area contributed by atoms with Crippen LogP contribution in [-0.4, -0.2) is 86.9 Å². The van der Waals surface area contributed by atoms with E-state index in [4.69, 9.17) is 10.5 Å². The number of piperazine rings is 1. The van der Waals surface area contributed by atoms with Gasteiger partial charge in [-0.05, 0) is 12.8 Å². The van der Waals surface area contributed by atoms with E-state index in [9.17, 15) is 13.2 Å². The molecular weight excluding hydrogens is 344 g/mol. The van der Waals surface area contributed by atoms with Crippen molar-refractivity contribution in [2.24, 2.45) is 5.73 Å². The molecule has 2 rings (SSSR count). The van der Waals surface area contributed by atoms with E-state index in [1.54, 1.807) is 16.3 Å². The van der Waals surface area contributed by atoms with Crippen molar-refractivity contribution in [1.29, 1.82) is 0 Å². The molecule has 1 amide bonds. The molecule has 1 aliphatic carbocycles. The zero-order chi connectivity index (χ0) is 18.4. The van der Waals surface area contributed by atoms with E-state index < -0.39 is 10.2 Å². The molecule has 1 heterocycles. The summed E-state index contributed by atoms with van der Waals surface area (Å²) in [5, 5.41) is 0. The van der Waals surface area contributed by atoms with Crippen molar-refractivity contribution in [3.63, 3.8) is 0 Å². The first-order chi connectivity index (χ1) is 11.9. The van der Waals surface area contributed by atoms with Crippen molar-refractivity contribution in [3.05, 3.63) is 0 Å². The molecule has 1 atom stereocenters. The number of amides is 1. The smallest absolute Gasteiger partial charge is 0.282 e. The van der Waals surface area contributed by atoms with Gasteiger partial charge in [0.15, 0.2) is 0 Å². The van der Waals surface area contributed by atoms with E-state index in [0.29, 0.717) is 32.7 Å². The summed E-state index contributed by atoms with van der Waals surface area (Å²) in [5.41, 5.74) is 5.56. The number of rotatable bonds is 7. The van der Waals surface area contributed by atoms with Crippen LogP contribution in [0.1, 0.15) is 38.5 Å². The van der Waals surface area contributed by atoms with Crippen molar-refractivity contribution >= 4 is 16.1 Å². The van der Waals surface area contributed by atoms with Crippen molar-refractivity contribution < 1.29 is 17.9 Å². The Balaban J connectivity index is 1.88. The molecule has 0 aromatic heterocycles. The van der Waals surface area contributed by atoms with E-state index >= 15 is 0 Å². The number of methoxy groups -OCH3 is 1. The molecule has 1 saturated heterocycles. The molecule has 1 aliphatic heterocycles. The summed E-state index contributed by atoms with van der Waals surface area (Å²) < 4.78 is 33.9. The molecule has 146 valence electrons. The minimum Gasteiger partial charge on any atom is -0.380 e. The lowest BCUT2D eigenvalue weighted by Gasteiger charge is -2.39. The highest BCUT2D eigenvalue weighted by atomic mass is 32.2. The Morgan fingerprint density at radius 1 is 1.20 bits per heavy atom. The highest BCUT2D eigenvalue weighted by molar-refractivity contribution is 7.86. The van der Waals surface area contributed by atoms with Gasteiger partial charge >= 0.3 is 0 Å². The minimum absolute atomic E-state index is 0.0324. The third kappa shape index (κ3) is 5.13. The summed E-state index contributed by atoms with van der Waals surface area (Å²) in [7, 11) is -0.233. The van der Waals surface area contributed by atoms with E-state index in [2.05, 4.69) is 0 Å². The Hall–Kier alpha value is -0.740. The molecule has 8 nitrogen and oxygen atoms in total. The van der Waals surface area contributed by atoms with Crippen LogP contribution in [0.5, 0.6) is 0 Å². The summed E-state index contributed by atoms with van der Waals surface area (Å²) in [4.78, 5) is 14.0. The standard InChI is InChI=1S/C16H32N4O4S/c1-18(14-6-4-3-5-7-14)25(22,23)20-10-8-19(9-11-20)16(21)12-15(13-17)24-2/h14-15H,3-13,17H2,1-2H3. The molecule has 1 unspecified atom stereocenters. The van der Waals surface area contributed by atoms with Crippen LogP contribution in [0.25, 0.3) is 0 Å². The summed E-state index contributed by atoms with van der Waals surface area (Å²) >= 11 is 0. The van der Waals surface area contributed by atoms with Gasteiger partial charge in [0.1, 0.15) is 0 Å². The van der Waals surface area contributed by atoms with Crippen molar-refractivity contribution in [2.75, 3.05) is 46.9 Å². The SMILES string of the molecule is COC(CN)CC(=O)N1CCN(S(=O)(=O)N(C)C2CCCCC2)CC1. The molecular formula is C16H32N4O4S. The van der Waals surface area contributed by atoms with Gasteiger partial charge in [-0.1, -0.05) is 19.3 Å². The fourth-order valence-electron chi connectivity index (χ4n) is 3.57. The van der Waals surface area contributed by atoms with Gasteiger partial charge in [0.05, 0.1) is 12.5 Å². The van der Waals surface area contributed by atoms with Gasteiger partial charge in [-0.15, -0.1) is 0 Å². The van der Waals surface area contributed by atoms with Gasteiger partial charge in [0.2, 0.25) is 5.91 Å². The predicted octanol–water partition coefficient (Wildman–Crippen LogP) is 0.00370. The van der Waals surface area contributed by atoms with Crippen molar-refractivity contribution in [3.8, 4) is 0 Å². The van der Waals surface area contributed by atoms with Crippen LogP contribution in [0.2, 0.25) is 0 Å². The zero-order valence-corrected chi connectivity index (χ0v) is 16.2. The Morgan fingerprint density at radius 3 is 2.32 bits per heavy atom. The lowest BCUT2D eigenvalue weighted by molar-refractivity contribution is -0.134. The third-order valence-electron chi connectivity index (χ3n) is 5.37. The number of ether oxygens (including phenoxy) is 1. The van der Waals surface area contributed by atoms with Crippen LogP contribution >= 0.6 is 0 Å². The van der Waals surface area contributed by atoms with Gasteiger partial charge in [-0.2, -0.15) is 17.0 Å². The highest BCUT2D eigenvalue weighted by Crippen LogP contribution is 2.25. The van der Waals surface area contributed by atoms with Gasteiger partial charge in [0.25, 0.3) is 10.2 Å². The van der Waals surface area contributed by atoms with E-state index in [1.165, 1.54) is 17.8 Å². The molecule has 0 aromatic rings. The quantitative estimate of drug-likeness (QED) is 0.675.